The Morgan fingerprint density at radius 1 is 1.00 bits per heavy atom. The van der Waals surface area contributed by atoms with Crippen molar-refractivity contribution in [3.05, 3.63) is 83.3 Å². The fraction of sp³-hybridized carbons (Fsp3) is 0.143. The Morgan fingerprint density at radius 3 is 2.26 bits per heavy atom. The SMILES string of the molecule is O=C(NCc1ccoc1C(=O)O)OCC1c2ccccc2-c2ccccc21. The lowest BCUT2D eigenvalue weighted by Gasteiger charge is -2.14. The van der Waals surface area contributed by atoms with E-state index in [-0.39, 0.29) is 24.8 Å². The predicted molar refractivity (Wildman–Crippen MR) is 97.6 cm³/mol. The van der Waals surface area contributed by atoms with Crippen molar-refractivity contribution in [2.45, 2.75) is 12.5 Å². The summed E-state index contributed by atoms with van der Waals surface area (Å²) in [5, 5.41) is 11.6. The summed E-state index contributed by atoms with van der Waals surface area (Å²) in [4.78, 5) is 23.1. The minimum atomic E-state index is -1.18. The maximum absolute atomic E-state index is 12.1. The number of ether oxygens (including phenoxy) is 1. The zero-order chi connectivity index (χ0) is 18.8. The van der Waals surface area contributed by atoms with Gasteiger partial charge in [0.2, 0.25) is 5.76 Å². The molecule has 6 nitrogen and oxygen atoms in total. The number of aromatic carboxylic acids is 1. The van der Waals surface area contributed by atoms with Crippen molar-refractivity contribution < 1.29 is 23.8 Å². The third-order valence-electron chi connectivity index (χ3n) is 4.71. The largest absolute Gasteiger partial charge is 0.475 e. The van der Waals surface area contributed by atoms with E-state index in [2.05, 4.69) is 17.4 Å². The van der Waals surface area contributed by atoms with Gasteiger partial charge in [-0.3, -0.25) is 0 Å². The topological polar surface area (TPSA) is 88.8 Å². The Kier molecular flexibility index (Phi) is 4.38. The standard InChI is InChI=1S/C21H17NO5/c23-20(24)19-13(9-10-26-19)11-22-21(25)27-12-18-16-7-3-1-5-14(16)15-6-2-4-8-17(15)18/h1-10,18H,11-12H2,(H,22,25)(H,23,24). The van der Waals surface area contributed by atoms with E-state index in [4.69, 9.17) is 14.3 Å². The Hall–Kier alpha value is -3.54. The van der Waals surface area contributed by atoms with Crippen LogP contribution in [-0.4, -0.2) is 23.8 Å². The minimum absolute atomic E-state index is 0.0216. The number of benzene rings is 2. The number of alkyl carbamates (subject to hydrolysis) is 1. The summed E-state index contributed by atoms with van der Waals surface area (Å²) in [5.41, 5.74) is 4.97. The van der Waals surface area contributed by atoms with Crippen LogP contribution in [-0.2, 0) is 11.3 Å². The van der Waals surface area contributed by atoms with Crippen molar-refractivity contribution in [3.63, 3.8) is 0 Å². The number of amides is 1. The molecule has 1 aliphatic rings. The molecule has 1 aromatic heterocycles. The van der Waals surface area contributed by atoms with Crippen LogP contribution >= 0.6 is 0 Å². The molecule has 1 aliphatic carbocycles. The normalized spacial score (nSPS) is 12.3. The van der Waals surface area contributed by atoms with E-state index in [1.165, 1.54) is 12.3 Å². The molecule has 1 heterocycles. The highest BCUT2D eigenvalue weighted by atomic mass is 16.5. The van der Waals surface area contributed by atoms with Crippen LogP contribution in [0.4, 0.5) is 4.79 Å². The summed E-state index contributed by atoms with van der Waals surface area (Å²) < 4.78 is 10.3. The summed E-state index contributed by atoms with van der Waals surface area (Å²) in [7, 11) is 0. The van der Waals surface area contributed by atoms with Gasteiger partial charge in [-0.1, -0.05) is 48.5 Å². The Balaban J connectivity index is 1.42. The van der Waals surface area contributed by atoms with Gasteiger partial charge < -0.3 is 19.6 Å². The molecular formula is C21H17NO5. The molecule has 27 heavy (non-hydrogen) atoms. The van der Waals surface area contributed by atoms with Crippen molar-refractivity contribution in [2.24, 2.45) is 0 Å². The van der Waals surface area contributed by atoms with Gasteiger partial charge in [0.15, 0.2) is 0 Å². The lowest BCUT2D eigenvalue weighted by molar-refractivity contribution is 0.0660. The second-order valence-electron chi connectivity index (χ2n) is 6.26. The highest BCUT2D eigenvalue weighted by Gasteiger charge is 2.29. The average molecular weight is 363 g/mol. The van der Waals surface area contributed by atoms with Gasteiger partial charge in [0, 0.05) is 11.5 Å². The number of nitrogens with one attached hydrogen (secondary N) is 1. The first-order chi connectivity index (χ1) is 13.1. The fourth-order valence-electron chi connectivity index (χ4n) is 3.48. The molecule has 0 spiro atoms. The van der Waals surface area contributed by atoms with E-state index in [0.29, 0.717) is 5.56 Å². The summed E-state index contributed by atoms with van der Waals surface area (Å²) >= 11 is 0. The van der Waals surface area contributed by atoms with Gasteiger partial charge in [-0.05, 0) is 28.3 Å². The van der Waals surface area contributed by atoms with E-state index in [0.717, 1.165) is 22.3 Å². The number of carboxylic acids is 1. The van der Waals surface area contributed by atoms with Crippen LogP contribution in [0.3, 0.4) is 0 Å². The predicted octanol–water partition coefficient (Wildman–Crippen LogP) is 4.02. The van der Waals surface area contributed by atoms with Gasteiger partial charge in [-0.15, -0.1) is 0 Å². The second kappa shape index (κ2) is 6.99. The molecule has 1 amide bonds. The monoisotopic (exact) mass is 363 g/mol. The van der Waals surface area contributed by atoms with Crippen LogP contribution in [0.2, 0.25) is 0 Å². The molecule has 3 aromatic rings. The number of rotatable bonds is 5. The highest BCUT2D eigenvalue weighted by Crippen LogP contribution is 2.44. The van der Waals surface area contributed by atoms with Crippen molar-refractivity contribution in [1.29, 1.82) is 0 Å². The summed E-state index contributed by atoms with van der Waals surface area (Å²) in [6.07, 6.45) is 0.674. The summed E-state index contributed by atoms with van der Waals surface area (Å²) in [6, 6.07) is 17.7. The Morgan fingerprint density at radius 2 is 1.63 bits per heavy atom. The van der Waals surface area contributed by atoms with Crippen molar-refractivity contribution in [1.82, 2.24) is 5.32 Å². The van der Waals surface area contributed by atoms with Gasteiger partial charge in [0.05, 0.1) is 12.8 Å². The molecule has 4 rings (SSSR count). The van der Waals surface area contributed by atoms with E-state index < -0.39 is 12.1 Å². The maximum Gasteiger partial charge on any atom is 0.407 e. The van der Waals surface area contributed by atoms with Gasteiger partial charge in [0.1, 0.15) is 6.61 Å². The molecule has 0 saturated heterocycles. The third kappa shape index (κ3) is 3.17. The lowest BCUT2D eigenvalue weighted by Crippen LogP contribution is -2.26. The van der Waals surface area contributed by atoms with Crippen LogP contribution in [0.25, 0.3) is 11.1 Å². The second-order valence-corrected chi connectivity index (χ2v) is 6.26. The van der Waals surface area contributed by atoms with Gasteiger partial charge in [0.25, 0.3) is 0 Å². The first-order valence-electron chi connectivity index (χ1n) is 8.53. The molecule has 0 bridgehead atoms. The van der Waals surface area contributed by atoms with E-state index in [1.807, 2.05) is 36.4 Å². The van der Waals surface area contributed by atoms with E-state index in [9.17, 15) is 9.59 Å². The quantitative estimate of drug-likeness (QED) is 0.715. The number of furan rings is 1. The van der Waals surface area contributed by atoms with Crippen molar-refractivity contribution in [2.75, 3.05) is 6.61 Å². The van der Waals surface area contributed by atoms with Crippen LogP contribution in [0.5, 0.6) is 0 Å². The minimum Gasteiger partial charge on any atom is -0.475 e. The van der Waals surface area contributed by atoms with Crippen LogP contribution < -0.4 is 5.32 Å². The first kappa shape index (κ1) is 16.9. The van der Waals surface area contributed by atoms with Crippen LogP contribution in [0, 0.1) is 0 Å². The molecule has 2 N–H and O–H groups in total. The number of fused-ring (bicyclic) bond motifs is 3. The number of carbonyl (C=O) groups excluding carboxylic acids is 1. The molecule has 136 valence electrons. The lowest BCUT2D eigenvalue weighted by atomic mass is 9.98. The molecule has 0 aliphatic heterocycles. The van der Waals surface area contributed by atoms with E-state index in [1.54, 1.807) is 0 Å². The molecular weight excluding hydrogens is 346 g/mol. The summed E-state index contributed by atoms with van der Waals surface area (Å²) in [6.45, 7) is 0.228. The van der Waals surface area contributed by atoms with Gasteiger partial charge in [-0.2, -0.15) is 0 Å². The Bertz CT molecular complexity index is 962. The smallest absolute Gasteiger partial charge is 0.407 e. The number of hydrogen-bond donors (Lipinski definition) is 2. The molecule has 2 aromatic carbocycles. The number of carboxylic acid groups (broad SMARTS) is 1. The Labute approximate surface area is 155 Å². The highest BCUT2D eigenvalue weighted by molar-refractivity contribution is 5.86. The fourth-order valence-corrected chi connectivity index (χ4v) is 3.48. The molecule has 0 saturated carbocycles. The number of hydrogen-bond acceptors (Lipinski definition) is 4. The van der Waals surface area contributed by atoms with Crippen molar-refractivity contribution in [3.8, 4) is 11.1 Å². The average Bonchev–Trinajstić information content (AvgIpc) is 3.28. The molecule has 0 atom stereocenters. The molecule has 0 radical (unpaired) electrons. The molecule has 0 unspecified atom stereocenters. The zero-order valence-electron chi connectivity index (χ0n) is 14.3. The summed E-state index contributed by atoms with van der Waals surface area (Å²) in [5.74, 6) is -1.38. The van der Waals surface area contributed by atoms with Crippen LogP contribution in [0.15, 0.2) is 65.3 Å². The molecule has 0 fully saturated rings. The first-order valence-corrected chi connectivity index (χ1v) is 8.53. The molecule has 6 heteroatoms. The number of carbonyl (C=O) groups is 2. The third-order valence-corrected chi connectivity index (χ3v) is 4.71. The van der Waals surface area contributed by atoms with Gasteiger partial charge in [-0.25, -0.2) is 9.59 Å². The van der Waals surface area contributed by atoms with Crippen molar-refractivity contribution >= 4 is 12.1 Å². The van der Waals surface area contributed by atoms with Crippen LogP contribution in [0.1, 0.15) is 33.2 Å². The maximum atomic E-state index is 12.1. The van der Waals surface area contributed by atoms with Gasteiger partial charge >= 0.3 is 12.1 Å². The zero-order valence-corrected chi connectivity index (χ0v) is 14.3. The van der Waals surface area contributed by atoms with E-state index >= 15 is 0 Å².